The summed E-state index contributed by atoms with van der Waals surface area (Å²) >= 11 is 0. The van der Waals surface area contributed by atoms with Gasteiger partial charge in [-0.3, -0.25) is 25.0 Å². The molecule has 5 aromatic heterocycles. The Kier molecular flexibility index (Phi) is 8.32. The molecule has 1 saturated heterocycles. The van der Waals surface area contributed by atoms with Crippen molar-refractivity contribution in [2.45, 2.75) is 25.9 Å². The van der Waals surface area contributed by atoms with Gasteiger partial charge in [-0.25, -0.2) is 4.39 Å². The first-order valence-electron chi connectivity index (χ1n) is 16.3. The van der Waals surface area contributed by atoms with Crippen molar-refractivity contribution in [2.75, 3.05) is 26.2 Å². The molecule has 2 aromatic carbocycles. The number of rotatable bonds is 11. The quantitative estimate of drug-likeness (QED) is 0.138. The van der Waals surface area contributed by atoms with Gasteiger partial charge in [0.25, 0.3) is 0 Å². The highest BCUT2D eigenvalue weighted by Crippen LogP contribution is 2.35. The molecule has 0 saturated carbocycles. The van der Waals surface area contributed by atoms with E-state index in [0.29, 0.717) is 30.2 Å². The van der Waals surface area contributed by atoms with Crippen molar-refractivity contribution in [1.29, 1.82) is 0 Å². The topological polar surface area (TPSA) is 108 Å². The van der Waals surface area contributed by atoms with Gasteiger partial charge in [-0.1, -0.05) is 30.3 Å². The molecular formula is C38H35FN8O. The predicted molar refractivity (Wildman–Crippen MR) is 186 cm³/mol. The van der Waals surface area contributed by atoms with Crippen LogP contribution in [-0.4, -0.2) is 61.3 Å². The van der Waals surface area contributed by atoms with E-state index in [1.807, 2.05) is 54.9 Å². The second-order valence-electron chi connectivity index (χ2n) is 12.2. The zero-order valence-electron chi connectivity index (χ0n) is 26.4. The Morgan fingerprint density at radius 2 is 1.65 bits per heavy atom. The normalized spacial score (nSPS) is 13.5. The molecule has 240 valence electrons. The smallest absolute Gasteiger partial charge is 0.127 e. The fraction of sp³-hybridized carbons (Fsp3) is 0.211. The molecule has 10 heteroatoms. The predicted octanol–water partition coefficient (Wildman–Crippen LogP) is 7.13. The van der Waals surface area contributed by atoms with Crippen molar-refractivity contribution in [3.8, 4) is 39.7 Å². The van der Waals surface area contributed by atoms with Crippen LogP contribution >= 0.6 is 0 Å². The average Bonchev–Trinajstić information content (AvgIpc) is 3.88. The van der Waals surface area contributed by atoms with Crippen LogP contribution in [0.5, 0.6) is 5.75 Å². The molecule has 0 atom stereocenters. The fourth-order valence-electron chi connectivity index (χ4n) is 6.44. The summed E-state index contributed by atoms with van der Waals surface area (Å²) in [6.45, 7) is 5.02. The average molecular weight is 639 g/mol. The number of nitrogens with zero attached hydrogens (tertiary/aromatic N) is 5. The highest BCUT2D eigenvalue weighted by molar-refractivity contribution is 6.00. The Bertz CT molecular complexity index is 2190. The molecule has 3 N–H and O–H groups in total. The molecule has 7 aromatic rings. The zero-order chi connectivity index (χ0) is 32.3. The number of hydrogen-bond acceptors (Lipinski definition) is 7. The number of pyridine rings is 3. The number of nitrogens with one attached hydrogen (secondary N) is 3. The van der Waals surface area contributed by atoms with Gasteiger partial charge in [0.1, 0.15) is 23.9 Å². The van der Waals surface area contributed by atoms with Crippen LogP contribution in [0.1, 0.15) is 24.0 Å². The first-order chi connectivity index (χ1) is 23.7. The maximum atomic E-state index is 14.8. The third kappa shape index (κ3) is 6.40. The van der Waals surface area contributed by atoms with Crippen molar-refractivity contribution < 1.29 is 9.13 Å². The van der Waals surface area contributed by atoms with E-state index in [4.69, 9.17) is 9.72 Å². The first kappa shape index (κ1) is 29.9. The third-order valence-corrected chi connectivity index (χ3v) is 8.86. The summed E-state index contributed by atoms with van der Waals surface area (Å²) in [5.41, 5.74) is 8.64. The Morgan fingerprint density at radius 3 is 2.54 bits per heavy atom. The summed E-state index contributed by atoms with van der Waals surface area (Å²) < 4.78 is 20.8. The van der Waals surface area contributed by atoms with Crippen LogP contribution in [0, 0.1) is 5.82 Å². The number of fused-ring (bicyclic) bond motifs is 2. The molecule has 0 unspecified atom stereocenters. The summed E-state index contributed by atoms with van der Waals surface area (Å²) in [5, 5.41) is 13.1. The lowest BCUT2D eigenvalue weighted by Crippen LogP contribution is -2.25. The monoisotopic (exact) mass is 638 g/mol. The van der Waals surface area contributed by atoms with Gasteiger partial charge in [-0.2, -0.15) is 5.10 Å². The molecule has 0 radical (unpaired) electrons. The van der Waals surface area contributed by atoms with Gasteiger partial charge < -0.3 is 15.0 Å². The second kappa shape index (κ2) is 13.3. The van der Waals surface area contributed by atoms with Gasteiger partial charge in [-0.15, -0.1) is 0 Å². The second-order valence-corrected chi connectivity index (χ2v) is 12.2. The van der Waals surface area contributed by atoms with Crippen molar-refractivity contribution >= 4 is 21.8 Å². The van der Waals surface area contributed by atoms with Crippen molar-refractivity contribution in [2.24, 2.45) is 0 Å². The minimum absolute atomic E-state index is 0.359. The van der Waals surface area contributed by atoms with E-state index in [2.05, 4.69) is 53.6 Å². The lowest BCUT2D eigenvalue weighted by molar-refractivity contribution is 0.237. The van der Waals surface area contributed by atoms with Crippen LogP contribution in [0.3, 0.4) is 0 Å². The van der Waals surface area contributed by atoms with E-state index in [1.54, 1.807) is 12.4 Å². The molecule has 8 rings (SSSR count). The Morgan fingerprint density at radius 1 is 0.792 bits per heavy atom. The number of hydrogen-bond donors (Lipinski definition) is 3. The van der Waals surface area contributed by atoms with Crippen LogP contribution in [0.15, 0.2) is 97.6 Å². The van der Waals surface area contributed by atoms with E-state index in [-0.39, 0.29) is 5.82 Å². The summed E-state index contributed by atoms with van der Waals surface area (Å²) in [5.74, 6) is 0.143. The van der Waals surface area contributed by atoms with Crippen molar-refractivity contribution in [3.63, 3.8) is 0 Å². The lowest BCUT2D eigenvalue weighted by Gasteiger charge is -2.15. The first-order valence-corrected chi connectivity index (χ1v) is 16.3. The maximum absolute atomic E-state index is 14.8. The Balaban J connectivity index is 1.05. The Labute approximate surface area is 277 Å². The molecule has 48 heavy (non-hydrogen) atoms. The minimum Gasteiger partial charge on any atom is -0.492 e. The number of halogens is 1. The highest BCUT2D eigenvalue weighted by atomic mass is 19.1. The standard InChI is InChI=1S/C38H35FN8O/c39-29-15-27(16-30(17-29)48-13-12-47-10-4-5-11-47)37-31-19-35(44-33(31)8-9-42-37)38-32-18-34(43-24-36(32)45-46-38)28-14-26(22-41-23-28)21-40-20-25-6-2-1-3-7-25/h1-3,6-9,14-19,22-24,40,44H,4-5,10-13,20-21H2,(H,45,46). The van der Waals surface area contributed by atoms with Gasteiger partial charge in [0.2, 0.25) is 0 Å². The number of aromatic amines is 2. The lowest BCUT2D eigenvalue weighted by atomic mass is 10.1. The van der Waals surface area contributed by atoms with E-state index < -0.39 is 0 Å². The molecule has 9 nitrogen and oxygen atoms in total. The van der Waals surface area contributed by atoms with Crippen LogP contribution in [0.25, 0.3) is 55.7 Å². The summed E-state index contributed by atoms with van der Waals surface area (Å²) in [6, 6.07) is 23.2. The van der Waals surface area contributed by atoms with Gasteiger partial charge in [0.15, 0.2) is 0 Å². The van der Waals surface area contributed by atoms with Gasteiger partial charge >= 0.3 is 0 Å². The van der Waals surface area contributed by atoms with Gasteiger partial charge in [0, 0.05) is 71.7 Å². The van der Waals surface area contributed by atoms with Gasteiger partial charge in [0.05, 0.1) is 28.8 Å². The summed E-state index contributed by atoms with van der Waals surface area (Å²) in [4.78, 5) is 19.7. The third-order valence-electron chi connectivity index (χ3n) is 8.86. The number of aromatic nitrogens is 6. The molecule has 0 spiro atoms. The summed E-state index contributed by atoms with van der Waals surface area (Å²) in [7, 11) is 0. The molecule has 1 aliphatic heterocycles. The SMILES string of the molecule is Fc1cc(OCCN2CCCC2)cc(-c2nccc3[nH]c(-c4n[nH]c5cnc(-c6cncc(CNCc7ccccc7)c6)cc45)cc23)c1. The Hall–Kier alpha value is -5.45. The van der Waals surface area contributed by atoms with E-state index >= 15 is 0 Å². The van der Waals surface area contributed by atoms with E-state index in [1.165, 1.54) is 30.5 Å². The van der Waals surface area contributed by atoms with Crippen LogP contribution in [-0.2, 0) is 13.1 Å². The molecule has 0 bridgehead atoms. The van der Waals surface area contributed by atoms with Crippen molar-refractivity contribution in [3.05, 3.63) is 115 Å². The summed E-state index contributed by atoms with van der Waals surface area (Å²) in [6.07, 6.45) is 9.69. The van der Waals surface area contributed by atoms with Crippen LogP contribution < -0.4 is 10.1 Å². The fourth-order valence-corrected chi connectivity index (χ4v) is 6.44. The number of H-pyrrole nitrogens is 2. The van der Waals surface area contributed by atoms with Crippen LogP contribution in [0.2, 0.25) is 0 Å². The molecule has 0 amide bonds. The zero-order valence-corrected chi connectivity index (χ0v) is 26.4. The molecular weight excluding hydrogens is 603 g/mol. The minimum atomic E-state index is -0.359. The van der Waals surface area contributed by atoms with Gasteiger partial charge in [-0.05, 0) is 73.5 Å². The number of ether oxygens (including phenoxy) is 1. The largest absolute Gasteiger partial charge is 0.492 e. The van der Waals surface area contributed by atoms with Crippen molar-refractivity contribution in [1.82, 2.24) is 40.3 Å². The molecule has 6 heterocycles. The van der Waals surface area contributed by atoms with E-state index in [9.17, 15) is 4.39 Å². The molecule has 0 aliphatic carbocycles. The molecule has 1 fully saturated rings. The van der Waals surface area contributed by atoms with Crippen LogP contribution in [0.4, 0.5) is 4.39 Å². The number of likely N-dealkylation sites (tertiary alicyclic amines) is 1. The maximum Gasteiger partial charge on any atom is 0.127 e. The van der Waals surface area contributed by atoms with E-state index in [0.717, 1.165) is 76.2 Å². The highest BCUT2D eigenvalue weighted by Gasteiger charge is 2.17. The number of benzene rings is 2. The molecule has 1 aliphatic rings.